The molecule has 4 unspecified atom stereocenters. The van der Waals surface area contributed by atoms with Gasteiger partial charge in [-0.05, 0) is 37.3 Å². The van der Waals surface area contributed by atoms with Gasteiger partial charge in [-0.3, -0.25) is 0 Å². The molecule has 0 aromatic heterocycles. The minimum absolute atomic E-state index is 0.316. The Morgan fingerprint density at radius 1 is 1.26 bits per heavy atom. The Hall–Kier alpha value is -0.860. The Balaban J connectivity index is 2.06. The molecule has 2 rings (SSSR count). The second-order valence-electron chi connectivity index (χ2n) is 5.79. The molecule has 0 saturated carbocycles. The summed E-state index contributed by atoms with van der Waals surface area (Å²) in [4.78, 5) is 0. The van der Waals surface area contributed by atoms with Gasteiger partial charge in [-0.15, -0.1) is 0 Å². The van der Waals surface area contributed by atoms with E-state index in [4.69, 9.17) is 0 Å². The maximum atomic E-state index is 10.7. The van der Waals surface area contributed by atoms with Crippen molar-refractivity contribution in [2.75, 3.05) is 6.54 Å². The van der Waals surface area contributed by atoms with E-state index < -0.39 is 0 Å². The molecule has 0 bridgehead atoms. The summed E-state index contributed by atoms with van der Waals surface area (Å²) < 4.78 is 0. The molecule has 1 saturated heterocycles. The summed E-state index contributed by atoms with van der Waals surface area (Å²) in [5, 5.41) is 14.3. The van der Waals surface area contributed by atoms with Crippen molar-refractivity contribution < 1.29 is 5.11 Å². The number of aliphatic hydroxyl groups excluding tert-OH is 1. The Kier molecular flexibility index (Phi) is 5.41. The summed E-state index contributed by atoms with van der Waals surface area (Å²) in [7, 11) is 0. The second kappa shape index (κ2) is 7.06. The largest absolute Gasteiger partial charge is 0.388 e. The number of nitrogens with one attached hydrogen (secondary N) is 1. The Morgan fingerprint density at radius 2 is 2.00 bits per heavy atom. The molecule has 4 atom stereocenters. The fourth-order valence-corrected chi connectivity index (χ4v) is 3.36. The van der Waals surface area contributed by atoms with Crippen LogP contribution in [0.2, 0.25) is 0 Å². The van der Waals surface area contributed by atoms with Gasteiger partial charge in [-0.25, -0.2) is 0 Å². The Morgan fingerprint density at radius 3 is 2.63 bits per heavy atom. The summed E-state index contributed by atoms with van der Waals surface area (Å²) in [6.45, 7) is 5.57. The van der Waals surface area contributed by atoms with Gasteiger partial charge in [-0.1, -0.05) is 50.6 Å². The summed E-state index contributed by atoms with van der Waals surface area (Å²) in [5.41, 5.74) is 1.05. The van der Waals surface area contributed by atoms with Crippen LogP contribution in [0.15, 0.2) is 30.3 Å². The predicted octanol–water partition coefficient (Wildman–Crippen LogP) is 3.52. The van der Waals surface area contributed by atoms with Gasteiger partial charge >= 0.3 is 0 Å². The minimum Gasteiger partial charge on any atom is -0.388 e. The lowest BCUT2D eigenvalue weighted by Gasteiger charge is -2.37. The molecule has 106 valence electrons. The molecule has 0 aliphatic carbocycles. The van der Waals surface area contributed by atoms with Crippen LogP contribution in [0.4, 0.5) is 0 Å². The molecule has 0 spiro atoms. The Bertz CT molecular complexity index is 365. The summed E-state index contributed by atoms with van der Waals surface area (Å²) in [6.07, 6.45) is 4.42. The third kappa shape index (κ3) is 3.58. The fourth-order valence-electron chi connectivity index (χ4n) is 3.36. The van der Waals surface area contributed by atoms with Crippen molar-refractivity contribution in [2.24, 2.45) is 11.8 Å². The van der Waals surface area contributed by atoms with Crippen LogP contribution in [-0.4, -0.2) is 17.7 Å². The summed E-state index contributed by atoms with van der Waals surface area (Å²) in [5.74, 6) is 1.14. The van der Waals surface area contributed by atoms with Gasteiger partial charge in [0.25, 0.3) is 0 Å². The van der Waals surface area contributed by atoms with Crippen LogP contribution in [0.5, 0.6) is 0 Å². The first-order valence-electron chi connectivity index (χ1n) is 7.72. The molecule has 1 aromatic rings. The molecule has 1 heterocycles. The van der Waals surface area contributed by atoms with Crippen molar-refractivity contribution in [2.45, 2.75) is 51.7 Å². The van der Waals surface area contributed by atoms with E-state index >= 15 is 0 Å². The van der Waals surface area contributed by atoms with Gasteiger partial charge in [-0.2, -0.15) is 0 Å². The topological polar surface area (TPSA) is 32.3 Å². The van der Waals surface area contributed by atoms with Crippen molar-refractivity contribution in [3.05, 3.63) is 35.9 Å². The molecular weight excluding hydrogens is 234 g/mol. The van der Waals surface area contributed by atoms with Crippen molar-refractivity contribution in [1.29, 1.82) is 0 Å². The molecule has 19 heavy (non-hydrogen) atoms. The smallest absolute Gasteiger partial charge is 0.0832 e. The highest BCUT2D eigenvalue weighted by Crippen LogP contribution is 2.33. The molecule has 1 aliphatic heterocycles. The van der Waals surface area contributed by atoms with E-state index in [1.54, 1.807) is 0 Å². The third-order valence-corrected chi connectivity index (χ3v) is 4.66. The fraction of sp³-hybridized carbons (Fsp3) is 0.647. The lowest BCUT2D eigenvalue weighted by atomic mass is 9.79. The second-order valence-corrected chi connectivity index (χ2v) is 5.79. The average molecular weight is 261 g/mol. The number of aliphatic hydroxyl groups is 1. The van der Waals surface area contributed by atoms with Crippen molar-refractivity contribution in [3.8, 4) is 0 Å². The standard InChI is InChI=1S/C17H27NO/c1-3-13-10-11-18-16(12-13)15(4-2)17(19)14-8-6-5-7-9-14/h5-9,13,15-19H,3-4,10-12H2,1-2H3. The van der Waals surface area contributed by atoms with E-state index in [1.165, 1.54) is 19.3 Å². The van der Waals surface area contributed by atoms with E-state index in [9.17, 15) is 5.11 Å². The van der Waals surface area contributed by atoms with Gasteiger partial charge in [0.2, 0.25) is 0 Å². The first-order valence-corrected chi connectivity index (χ1v) is 7.72. The summed E-state index contributed by atoms with van der Waals surface area (Å²) >= 11 is 0. The van der Waals surface area contributed by atoms with Crippen molar-refractivity contribution in [3.63, 3.8) is 0 Å². The Labute approximate surface area is 117 Å². The first-order chi connectivity index (χ1) is 9.26. The molecule has 2 N–H and O–H groups in total. The average Bonchev–Trinajstić information content (AvgIpc) is 2.49. The van der Waals surface area contributed by atoms with Crippen LogP contribution >= 0.6 is 0 Å². The van der Waals surface area contributed by atoms with Crippen LogP contribution in [0.25, 0.3) is 0 Å². The van der Waals surface area contributed by atoms with Crippen LogP contribution in [-0.2, 0) is 0 Å². The van der Waals surface area contributed by atoms with Gasteiger partial charge in [0.15, 0.2) is 0 Å². The SMILES string of the molecule is CCC1CCNC(C(CC)C(O)c2ccccc2)C1. The zero-order valence-corrected chi connectivity index (χ0v) is 12.2. The van der Waals surface area contributed by atoms with E-state index in [0.29, 0.717) is 12.0 Å². The molecule has 2 heteroatoms. The molecule has 0 radical (unpaired) electrons. The van der Waals surface area contributed by atoms with Gasteiger partial charge in [0, 0.05) is 12.0 Å². The zero-order chi connectivity index (χ0) is 13.7. The third-order valence-electron chi connectivity index (χ3n) is 4.66. The molecular formula is C17H27NO. The van der Waals surface area contributed by atoms with E-state index in [2.05, 4.69) is 19.2 Å². The number of rotatable bonds is 5. The highest BCUT2D eigenvalue weighted by Gasteiger charge is 2.31. The molecule has 2 nitrogen and oxygen atoms in total. The van der Waals surface area contributed by atoms with Crippen LogP contribution in [0.1, 0.15) is 51.2 Å². The van der Waals surface area contributed by atoms with Crippen LogP contribution in [0.3, 0.4) is 0 Å². The normalized spacial score (nSPS) is 26.9. The minimum atomic E-state index is -0.348. The molecule has 0 amide bonds. The zero-order valence-electron chi connectivity index (χ0n) is 12.2. The van der Waals surface area contributed by atoms with Crippen LogP contribution in [0, 0.1) is 11.8 Å². The highest BCUT2D eigenvalue weighted by molar-refractivity contribution is 5.18. The van der Waals surface area contributed by atoms with E-state index in [-0.39, 0.29) is 6.10 Å². The molecule has 1 aliphatic rings. The predicted molar refractivity (Wildman–Crippen MR) is 80.0 cm³/mol. The first kappa shape index (κ1) is 14.5. The number of hydrogen-bond acceptors (Lipinski definition) is 2. The van der Waals surface area contributed by atoms with E-state index in [1.807, 2.05) is 30.3 Å². The number of piperidine rings is 1. The maximum Gasteiger partial charge on any atom is 0.0832 e. The lowest BCUT2D eigenvalue weighted by molar-refractivity contribution is 0.0653. The molecule has 1 aromatic carbocycles. The summed E-state index contributed by atoms with van der Waals surface area (Å²) in [6, 6.07) is 10.5. The molecule has 1 fully saturated rings. The highest BCUT2D eigenvalue weighted by atomic mass is 16.3. The number of hydrogen-bond donors (Lipinski definition) is 2. The maximum absolute atomic E-state index is 10.7. The van der Waals surface area contributed by atoms with Gasteiger partial charge in [0.05, 0.1) is 6.10 Å². The van der Waals surface area contributed by atoms with Gasteiger partial charge < -0.3 is 10.4 Å². The number of benzene rings is 1. The quantitative estimate of drug-likeness (QED) is 0.850. The van der Waals surface area contributed by atoms with Crippen molar-refractivity contribution in [1.82, 2.24) is 5.32 Å². The monoisotopic (exact) mass is 261 g/mol. The van der Waals surface area contributed by atoms with Crippen molar-refractivity contribution >= 4 is 0 Å². The van der Waals surface area contributed by atoms with Crippen LogP contribution < -0.4 is 5.32 Å². The van der Waals surface area contributed by atoms with Gasteiger partial charge in [0.1, 0.15) is 0 Å². The lowest BCUT2D eigenvalue weighted by Crippen LogP contribution is -2.44. The van der Waals surface area contributed by atoms with E-state index in [0.717, 1.165) is 24.4 Å².